The van der Waals surface area contributed by atoms with Gasteiger partial charge in [0.2, 0.25) is 0 Å². The zero-order chi connectivity index (χ0) is 25.7. The molecule has 0 bridgehead atoms. The van der Waals surface area contributed by atoms with Crippen LogP contribution in [0.25, 0.3) is 0 Å². The van der Waals surface area contributed by atoms with Crippen molar-refractivity contribution in [2.75, 3.05) is 0 Å². The van der Waals surface area contributed by atoms with E-state index in [1.165, 1.54) is 0 Å². The second-order valence-corrected chi connectivity index (χ2v) is 12.1. The van der Waals surface area contributed by atoms with Crippen molar-refractivity contribution in [3.63, 3.8) is 0 Å². The quantitative estimate of drug-likeness (QED) is 0.122. The SMILES string of the molecule is CCC(CC(CC(CC(C)C(=O)O)(OP(O)O)P(=O)(O)O)C(=O)O)(OP(O)O)P(=O)(O)O. The van der Waals surface area contributed by atoms with Crippen LogP contribution in [-0.4, -0.2) is 72.0 Å². The van der Waals surface area contributed by atoms with E-state index in [0.717, 1.165) is 13.8 Å². The average Bonchev–Trinajstić information content (AvgIpc) is 2.56. The van der Waals surface area contributed by atoms with Crippen molar-refractivity contribution in [2.45, 2.75) is 50.2 Å². The average molecular weight is 550 g/mol. The molecule has 0 aromatic rings. The highest BCUT2D eigenvalue weighted by molar-refractivity contribution is 7.54. The van der Waals surface area contributed by atoms with E-state index in [9.17, 15) is 53.2 Å². The van der Waals surface area contributed by atoms with Gasteiger partial charge in [0.15, 0.2) is 10.7 Å². The van der Waals surface area contributed by atoms with Crippen LogP contribution in [0.15, 0.2) is 0 Å². The maximum atomic E-state index is 12.2. The van der Waals surface area contributed by atoms with E-state index in [2.05, 4.69) is 9.05 Å². The Bertz CT molecular complexity index is 747. The minimum absolute atomic E-state index is 0.678. The van der Waals surface area contributed by atoms with Crippen molar-refractivity contribution in [3.8, 4) is 0 Å². The highest BCUT2D eigenvalue weighted by Crippen LogP contribution is 2.64. The van der Waals surface area contributed by atoms with Crippen molar-refractivity contribution in [2.24, 2.45) is 11.8 Å². The zero-order valence-electron chi connectivity index (χ0n) is 16.7. The second-order valence-electron chi connectivity index (χ2n) is 6.91. The van der Waals surface area contributed by atoms with Gasteiger partial charge >= 0.3 is 44.3 Å². The molecular weight excluding hydrogens is 524 g/mol. The lowest BCUT2D eigenvalue weighted by atomic mass is 9.90. The first-order valence-corrected chi connectivity index (χ1v) is 14.1. The fourth-order valence-corrected chi connectivity index (χ4v) is 7.05. The first kappa shape index (κ1) is 31.9. The van der Waals surface area contributed by atoms with Gasteiger partial charge in [0.25, 0.3) is 0 Å². The Hall–Kier alpha value is -0.140. The van der Waals surface area contributed by atoms with E-state index in [4.69, 9.17) is 14.9 Å². The molecule has 16 nitrogen and oxygen atoms in total. The van der Waals surface area contributed by atoms with Gasteiger partial charge in [-0.15, -0.1) is 0 Å². The van der Waals surface area contributed by atoms with Crippen LogP contribution < -0.4 is 0 Å². The Labute approximate surface area is 184 Å². The molecule has 0 saturated heterocycles. The smallest absolute Gasteiger partial charge is 0.357 e. The topological polar surface area (TPSA) is 289 Å². The molecule has 0 aliphatic heterocycles. The van der Waals surface area contributed by atoms with E-state index in [-0.39, 0.29) is 0 Å². The number of hydrogen-bond donors (Lipinski definition) is 10. The monoisotopic (exact) mass is 550 g/mol. The van der Waals surface area contributed by atoms with Crippen molar-refractivity contribution in [1.29, 1.82) is 0 Å². The van der Waals surface area contributed by atoms with Crippen LogP contribution in [0.5, 0.6) is 0 Å². The summed E-state index contributed by atoms with van der Waals surface area (Å²) in [6, 6.07) is 0. The van der Waals surface area contributed by atoms with Gasteiger partial charge in [-0.1, -0.05) is 13.8 Å². The second kappa shape index (κ2) is 12.0. The minimum Gasteiger partial charge on any atom is -0.481 e. The maximum absolute atomic E-state index is 12.2. The number of carbonyl (C=O) groups is 2. The summed E-state index contributed by atoms with van der Waals surface area (Å²) in [5.74, 6) is -7.24. The Morgan fingerprint density at radius 3 is 1.47 bits per heavy atom. The van der Waals surface area contributed by atoms with E-state index in [1.54, 1.807) is 0 Å². The van der Waals surface area contributed by atoms with Crippen LogP contribution in [0.2, 0.25) is 0 Å². The molecule has 190 valence electrons. The fraction of sp³-hybridized carbons (Fsp3) is 0.833. The molecule has 10 N–H and O–H groups in total. The molecule has 0 rings (SSSR count). The first-order chi connectivity index (χ1) is 14.2. The molecule has 0 aromatic carbocycles. The van der Waals surface area contributed by atoms with E-state index in [1.807, 2.05) is 0 Å². The van der Waals surface area contributed by atoms with E-state index in [0.29, 0.717) is 0 Å². The minimum atomic E-state index is -5.67. The van der Waals surface area contributed by atoms with E-state index < -0.39 is 92.5 Å². The molecule has 0 saturated carbocycles. The Morgan fingerprint density at radius 2 is 1.19 bits per heavy atom. The molecule has 0 fully saturated rings. The van der Waals surface area contributed by atoms with Crippen LogP contribution in [0.3, 0.4) is 0 Å². The van der Waals surface area contributed by atoms with Gasteiger partial charge in [-0.25, -0.2) is 0 Å². The largest absolute Gasteiger partial charge is 0.481 e. The molecule has 0 aromatic heterocycles. The number of rotatable bonds is 15. The van der Waals surface area contributed by atoms with Gasteiger partial charge in [-0.05, 0) is 6.42 Å². The number of hydrogen-bond acceptors (Lipinski definition) is 10. The van der Waals surface area contributed by atoms with Gasteiger partial charge < -0.3 is 49.4 Å². The summed E-state index contributed by atoms with van der Waals surface area (Å²) in [6.07, 6.45) is -4.36. The number of carboxylic acids is 2. The van der Waals surface area contributed by atoms with Gasteiger partial charge in [0, 0.05) is 19.3 Å². The Morgan fingerprint density at radius 1 is 0.812 bits per heavy atom. The first-order valence-electron chi connectivity index (χ1n) is 8.54. The third kappa shape index (κ3) is 8.57. The lowest BCUT2D eigenvalue weighted by molar-refractivity contribution is -0.145. The highest BCUT2D eigenvalue weighted by Gasteiger charge is 2.57. The third-order valence-corrected chi connectivity index (χ3v) is 9.13. The molecule has 0 radical (unpaired) electrons. The molecule has 4 atom stereocenters. The summed E-state index contributed by atoms with van der Waals surface area (Å²) >= 11 is 0. The summed E-state index contributed by atoms with van der Waals surface area (Å²) in [5, 5.41) is 12.8. The van der Waals surface area contributed by atoms with Crippen LogP contribution >= 0.6 is 32.4 Å². The molecule has 0 aliphatic carbocycles. The van der Waals surface area contributed by atoms with Crippen LogP contribution in [-0.2, 0) is 27.8 Å². The van der Waals surface area contributed by atoms with Gasteiger partial charge in [-0.3, -0.25) is 27.8 Å². The molecule has 0 aliphatic rings. The molecular formula is C12H26O16P4. The Balaban J connectivity index is 6.59. The van der Waals surface area contributed by atoms with Crippen molar-refractivity contribution < 1.29 is 77.1 Å². The Kier molecular flexibility index (Phi) is 12.0. The lowest BCUT2D eigenvalue weighted by Gasteiger charge is -2.39. The van der Waals surface area contributed by atoms with Gasteiger partial charge in [-0.2, -0.15) is 0 Å². The molecule has 20 heteroatoms. The predicted octanol–water partition coefficient (Wildman–Crippen LogP) is 0.192. The van der Waals surface area contributed by atoms with Crippen molar-refractivity contribution in [3.05, 3.63) is 0 Å². The highest BCUT2D eigenvalue weighted by atomic mass is 31.2. The predicted molar refractivity (Wildman–Crippen MR) is 107 cm³/mol. The summed E-state index contributed by atoms with van der Waals surface area (Å²) in [6.45, 7) is 2.08. The summed E-state index contributed by atoms with van der Waals surface area (Å²) in [4.78, 5) is 98.8. The summed E-state index contributed by atoms with van der Waals surface area (Å²) < 4.78 is 33.4. The molecule has 0 amide bonds. The third-order valence-electron chi connectivity index (χ3n) is 4.64. The zero-order valence-corrected chi connectivity index (χ0v) is 20.3. The molecule has 0 heterocycles. The summed E-state index contributed by atoms with van der Waals surface area (Å²) in [5.41, 5.74) is 0. The summed E-state index contributed by atoms with van der Waals surface area (Å²) in [7, 11) is -18.1. The van der Waals surface area contributed by atoms with Gasteiger partial charge in [0.05, 0.1) is 11.8 Å². The van der Waals surface area contributed by atoms with Crippen LogP contribution in [0, 0.1) is 11.8 Å². The molecule has 4 unspecified atom stereocenters. The lowest BCUT2D eigenvalue weighted by Crippen LogP contribution is -2.42. The van der Waals surface area contributed by atoms with Crippen molar-refractivity contribution in [1.82, 2.24) is 0 Å². The fourth-order valence-electron chi connectivity index (χ4n) is 2.96. The van der Waals surface area contributed by atoms with E-state index >= 15 is 0 Å². The number of aliphatic carboxylic acids is 2. The van der Waals surface area contributed by atoms with Crippen molar-refractivity contribution >= 4 is 44.3 Å². The molecule has 0 spiro atoms. The van der Waals surface area contributed by atoms with Crippen LogP contribution in [0.1, 0.15) is 39.5 Å². The molecule has 32 heavy (non-hydrogen) atoms. The number of carboxylic acid groups (broad SMARTS) is 2. The van der Waals surface area contributed by atoms with Crippen LogP contribution in [0.4, 0.5) is 0 Å². The standard InChI is InChI=1S/C12H26O16P4/c1-3-11(27-29(17)18,31(21,22)23)5-8(10(15)16)6-12(28-30(19)20,32(24,25)26)4-7(2)9(13)14/h7-8,17-20H,3-6H2,1-2H3,(H,13,14)(H,15,16)(H2,21,22,23)(H2,24,25,26). The van der Waals surface area contributed by atoms with Gasteiger partial charge in [0.1, 0.15) is 0 Å². The maximum Gasteiger partial charge on any atom is 0.357 e. The normalized spacial score (nSPS) is 18.8.